The van der Waals surface area contributed by atoms with E-state index in [9.17, 15) is 4.79 Å². The highest BCUT2D eigenvalue weighted by Crippen LogP contribution is 2.45. The van der Waals surface area contributed by atoms with Crippen molar-refractivity contribution in [3.05, 3.63) is 17.5 Å². The van der Waals surface area contributed by atoms with Crippen LogP contribution in [0.5, 0.6) is 5.75 Å². The number of hydrogen-bond donors (Lipinski definition) is 2. The van der Waals surface area contributed by atoms with Crippen molar-refractivity contribution in [2.75, 3.05) is 37.9 Å². The first-order valence-electron chi connectivity index (χ1n) is 7.15. The van der Waals surface area contributed by atoms with E-state index in [2.05, 4.69) is 16.8 Å². The largest absolute Gasteiger partial charge is 0.492 e. The summed E-state index contributed by atoms with van der Waals surface area (Å²) in [4.78, 5) is 14.8. The Kier molecular flexibility index (Phi) is 5.12. The summed E-state index contributed by atoms with van der Waals surface area (Å²) in [6, 6.07) is 0. The molecule has 0 atom stereocenters. The van der Waals surface area contributed by atoms with E-state index in [0.29, 0.717) is 22.9 Å². The molecule has 1 amide bonds. The highest BCUT2D eigenvalue weighted by Gasteiger charge is 2.26. The van der Waals surface area contributed by atoms with Crippen molar-refractivity contribution in [1.82, 2.24) is 5.32 Å². The van der Waals surface area contributed by atoms with Crippen LogP contribution in [0.4, 0.5) is 10.7 Å². The molecule has 21 heavy (non-hydrogen) atoms. The van der Waals surface area contributed by atoms with E-state index in [4.69, 9.17) is 10.5 Å². The topological polar surface area (TPSA) is 67.6 Å². The van der Waals surface area contributed by atoms with Gasteiger partial charge >= 0.3 is 0 Å². The first-order valence-corrected chi connectivity index (χ1v) is 7.96. The summed E-state index contributed by atoms with van der Waals surface area (Å²) < 4.78 is 5.41. The van der Waals surface area contributed by atoms with Crippen molar-refractivity contribution in [3.63, 3.8) is 0 Å². The van der Waals surface area contributed by atoms with Gasteiger partial charge in [0.2, 0.25) is 0 Å². The summed E-state index contributed by atoms with van der Waals surface area (Å²) in [5.41, 5.74) is 6.49. The van der Waals surface area contributed by atoms with Crippen LogP contribution >= 0.6 is 11.3 Å². The Bertz CT molecular complexity index is 523. The van der Waals surface area contributed by atoms with Gasteiger partial charge in [0.25, 0.3) is 5.91 Å². The number of hydrogen-bond acceptors (Lipinski definition) is 5. The molecule has 5 nitrogen and oxygen atoms in total. The lowest BCUT2D eigenvalue weighted by Gasteiger charge is -2.30. The molecule has 0 unspecified atom stereocenters. The molecule has 1 aliphatic carbocycles. The first-order chi connectivity index (χ1) is 10.1. The van der Waals surface area contributed by atoms with Gasteiger partial charge in [0, 0.05) is 20.1 Å². The Balaban J connectivity index is 2.19. The molecule has 0 aromatic carbocycles. The monoisotopic (exact) mass is 309 g/mol. The zero-order chi connectivity index (χ0) is 15.4. The molecule has 0 saturated heterocycles. The molecule has 6 heteroatoms. The fraction of sp³-hybridized carbons (Fsp3) is 0.533. The number of methoxy groups -OCH3 is 1. The molecule has 0 radical (unpaired) electrons. The predicted molar refractivity (Wildman–Crippen MR) is 88.4 cm³/mol. The van der Waals surface area contributed by atoms with Crippen LogP contribution in [0, 0.1) is 5.92 Å². The molecular weight excluding hydrogens is 286 g/mol. The van der Waals surface area contributed by atoms with Gasteiger partial charge in [-0.2, -0.15) is 0 Å². The van der Waals surface area contributed by atoms with Crippen LogP contribution in [0.3, 0.4) is 0 Å². The fourth-order valence-electron chi connectivity index (χ4n) is 2.42. The molecule has 3 N–H and O–H groups in total. The number of carbonyl (C=O) groups excluding carboxylic acids is 1. The average molecular weight is 309 g/mol. The van der Waals surface area contributed by atoms with Gasteiger partial charge in [-0.25, -0.2) is 0 Å². The van der Waals surface area contributed by atoms with Crippen molar-refractivity contribution in [2.45, 2.75) is 19.3 Å². The number of ether oxygens (including phenoxy) is 1. The third kappa shape index (κ3) is 3.32. The molecule has 2 rings (SSSR count). The number of thiophene rings is 1. The Labute approximate surface area is 129 Å². The lowest BCUT2D eigenvalue weighted by Crippen LogP contribution is -2.28. The van der Waals surface area contributed by atoms with Crippen molar-refractivity contribution >= 4 is 27.9 Å². The average Bonchev–Trinajstić information content (AvgIpc) is 2.77. The van der Waals surface area contributed by atoms with Crippen molar-refractivity contribution in [1.29, 1.82) is 0 Å². The smallest absolute Gasteiger partial charge is 0.263 e. The third-order valence-corrected chi connectivity index (χ3v) is 5.10. The maximum absolute atomic E-state index is 12.1. The highest BCUT2D eigenvalue weighted by molar-refractivity contribution is 7.19. The van der Waals surface area contributed by atoms with E-state index >= 15 is 0 Å². The highest BCUT2D eigenvalue weighted by atomic mass is 32.1. The van der Waals surface area contributed by atoms with E-state index < -0.39 is 0 Å². The van der Waals surface area contributed by atoms with Gasteiger partial charge in [0.15, 0.2) is 5.75 Å². The molecule has 0 bridgehead atoms. The standard InChI is InChI=1S/C15H23N3O2S/c1-4-8-17-14(19)13-11(16)12(20-3)15(21-13)18(2)9-10-6-5-7-10/h4,10H,1,5-9,16H2,2-3H3,(H,17,19). The minimum atomic E-state index is -0.181. The second-order valence-electron chi connectivity index (χ2n) is 5.36. The van der Waals surface area contributed by atoms with Gasteiger partial charge in [0.05, 0.1) is 7.11 Å². The Morgan fingerprint density at radius 1 is 1.62 bits per heavy atom. The van der Waals surface area contributed by atoms with Gasteiger partial charge in [0.1, 0.15) is 15.6 Å². The molecular formula is C15H23N3O2S. The van der Waals surface area contributed by atoms with Crippen molar-refractivity contribution in [3.8, 4) is 5.75 Å². The van der Waals surface area contributed by atoms with E-state index in [1.807, 2.05) is 7.05 Å². The van der Waals surface area contributed by atoms with E-state index in [1.165, 1.54) is 30.6 Å². The summed E-state index contributed by atoms with van der Waals surface area (Å²) in [7, 11) is 3.61. The van der Waals surface area contributed by atoms with E-state index in [0.717, 1.165) is 17.5 Å². The van der Waals surface area contributed by atoms with Crippen LogP contribution in [0.1, 0.15) is 28.9 Å². The summed E-state index contributed by atoms with van der Waals surface area (Å²) in [6.07, 6.45) is 5.51. The normalized spacial score (nSPS) is 14.4. The van der Waals surface area contributed by atoms with Crippen LogP contribution < -0.4 is 20.7 Å². The molecule has 1 aromatic heterocycles. The maximum Gasteiger partial charge on any atom is 0.263 e. The fourth-order valence-corrected chi connectivity index (χ4v) is 3.50. The van der Waals surface area contributed by atoms with Crippen LogP contribution in [0.25, 0.3) is 0 Å². The maximum atomic E-state index is 12.1. The zero-order valence-corrected chi connectivity index (χ0v) is 13.5. The van der Waals surface area contributed by atoms with Gasteiger partial charge in [-0.1, -0.05) is 12.5 Å². The van der Waals surface area contributed by atoms with Gasteiger partial charge in [-0.05, 0) is 18.8 Å². The number of carbonyl (C=O) groups is 1. The lowest BCUT2D eigenvalue weighted by atomic mass is 9.85. The predicted octanol–water partition coefficient (Wildman–Crippen LogP) is 2.49. The summed E-state index contributed by atoms with van der Waals surface area (Å²) in [6.45, 7) is 4.99. The number of nitrogens with two attached hydrogens (primary N) is 1. The molecule has 1 aromatic rings. The van der Waals surface area contributed by atoms with Crippen LogP contribution in [-0.2, 0) is 0 Å². The Morgan fingerprint density at radius 3 is 2.86 bits per heavy atom. The Hall–Kier alpha value is -1.69. The third-order valence-electron chi connectivity index (χ3n) is 3.80. The SMILES string of the molecule is C=CCNC(=O)c1sc(N(C)CC2CCC2)c(OC)c1N. The molecule has 1 saturated carbocycles. The first kappa shape index (κ1) is 15.7. The lowest BCUT2D eigenvalue weighted by molar-refractivity contribution is 0.0962. The molecule has 1 heterocycles. The van der Waals surface area contributed by atoms with Gasteiger partial charge < -0.3 is 20.7 Å². The number of nitrogen functional groups attached to an aromatic ring is 1. The number of rotatable bonds is 7. The van der Waals surface area contributed by atoms with Crippen LogP contribution in [-0.4, -0.2) is 33.2 Å². The summed E-state index contributed by atoms with van der Waals surface area (Å²) in [5, 5.41) is 3.68. The Morgan fingerprint density at radius 2 is 2.33 bits per heavy atom. The van der Waals surface area contributed by atoms with Gasteiger partial charge in [-0.3, -0.25) is 4.79 Å². The van der Waals surface area contributed by atoms with E-state index in [1.54, 1.807) is 13.2 Å². The molecule has 0 spiro atoms. The van der Waals surface area contributed by atoms with Crippen LogP contribution in [0.15, 0.2) is 12.7 Å². The van der Waals surface area contributed by atoms with Crippen molar-refractivity contribution in [2.24, 2.45) is 5.92 Å². The van der Waals surface area contributed by atoms with Crippen LogP contribution in [0.2, 0.25) is 0 Å². The molecule has 1 fully saturated rings. The number of amides is 1. The second kappa shape index (κ2) is 6.85. The zero-order valence-electron chi connectivity index (χ0n) is 12.6. The number of nitrogens with zero attached hydrogens (tertiary/aromatic N) is 1. The molecule has 0 aliphatic heterocycles. The number of nitrogens with one attached hydrogen (secondary N) is 1. The number of anilines is 2. The minimum absolute atomic E-state index is 0.181. The molecule has 116 valence electrons. The summed E-state index contributed by atoms with van der Waals surface area (Å²) in [5.74, 6) is 1.16. The molecule has 1 aliphatic rings. The van der Waals surface area contributed by atoms with E-state index in [-0.39, 0.29) is 5.91 Å². The van der Waals surface area contributed by atoms with Crippen molar-refractivity contribution < 1.29 is 9.53 Å². The minimum Gasteiger partial charge on any atom is -0.492 e. The van der Waals surface area contributed by atoms with Gasteiger partial charge in [-0.15, -0.1) is 17.9 Å². The quantitative estimate of drug-likeness (QED) is 0.759. The second-order valence-corrected chi connectivity index (χ2v) is 6.36. The summed E-state index contributed by atoms with van der Waals surface area (Å²) >= 11 is 1.38.